The van der Waals surface area contributed by atoms with Gasteiger partial charge < -0.3 is 19.7 Å². The number of hydrogen-bond donors (Lipinski definition) is 3. The van der Waals surface area contributed by atoms with Crippen LogP contribution in [0.2, 0.25) is 0 Å². The van der Waals surface area contributed by atoms with Gasteiger partial charge in [0.2, 0.25) is 0 Å². The number of methoxy groups -OCH3 is 2. The van der Waals surface area contributed by atoms with Crippen molar-refractivity contribution in [2.24, 2.45) is 0 Å². The molecule has 2 aromatic rings. The van der Waals surface area contributed by atoms with E-state index in [9.17, 15) is 36.0 Å². The van der Waals surface area contributed by atoms with Gasteiger partial charge in [0.1, 0.15) is 17.0 Å². The Morgan fingerprint density at radius 1 is 1.02 bits per heavy atom. The van der Waals surface area contributed by atoms with Gasteiger partial charge in [0.15, 0.2) is 5.78 Å². The fraction of sp³-hybridized carbons (Fsp3) is 0.444. The number of Topliss-reactive ketones (excluding diaryl/α,β-unsaturated/α-hetero) is 1. The molecule has 3 amide bonds. The van der Waals surface area contributed by atoms with Gasteiger partial charge in [-0.1, -0.05) is 0 Å². The van der Waals surface area contributed by atoms with Crippen molar-refractivity contribution in [1.82, 2.24) is 15.5 Å². The van der Waals surface area contributed by atoms with E-state index in [1.807, 2.05) is 0 Å². The predicted molar refractivity (Wildman–Crippen MR) is 152 cm³/mol. The molecule has 2 aromatic carbocycles. The molecule has 43 heavy (non-hydrogen) atoms. The molecule has 2 fully saturated rings. The molecule has 0 saturated carbocycles. The number of benzene rings is 2. The topological polar surface area (TPSA) is 143 Å². The number of imide groups is 1. The molecule has 11 nitrogen and oxygen atoms in total. The predicted octanol–water partition coefficient (Wildman–Crippen LogP) is 3.97. The highest BCUT2D eigenvalue weighted by Crippen LogP contribution is 2.36. The molecular formula is C27H32ClF3N4O7S. The van der Waals surface area contributed by atoms with Crippen molar-refractivity contribution in [3.05, 3.63) is 47.5 Å². The molecule has 0 aromatic heterocycles. The lowest BCUT2D eigenvalue weighted by molar-refractivity contribution is -0.137. The van der Waals surface area contributed by atoms with Crippen LogP contribution < -0.4 is 24.8 Å². The molecule has 2 aliphatic rings. The summed E-state index contributed by atoms with van der Waals surface area (Å²) >= 11 is 0. The number of hydrogen-bond acceptors (Lipinski definition) is 8. The molecule has 4 rings (SSSR count). The zero-order valence-corrected chi connectivity index (χ0v) is 25.0. The van der Waals surface area contributed by atoms with Crippen LogP contribution in [0.5, 0.6) is 11.5 Å². The summed E-state index contributed by atoms with van der Waals surface area (Å²) in [5.74, 6) is -0.374. The van der Waals surface area contributed by atoms with Crippen LogP contribution in [0.25, 0.3) is 0 Å². The maximum Gasteiger partial charge on any atom is 0.416 e. The lowest BCUT2D eigenvalue weighted by atomic mass is 9.87. The Morgan fingerprint density at radius 2 is 1.65 bits per heavy atom. The van der Waals surface area contributed by atoms with Gasteiger partial charge in [-0.15, -0.1) is 12.4 Å². The summed E-state index contributed by atoms with van der Waals surface area (Å²) < 4.78 is 77.4. The maximum absolute atomic E-state index is 13.1. The molecule has 0 radical (unpaired) electrons. The number of nitrogens with one attached hydrogen (secondary N) is 3. The Hall–Kier alpha value is -3.56. The number of amides is 3. The number of anilines is 1. The van der Waals surface area contributed by atoms with Gasteiger partial charge in [-0.25, -0.2) is 13.2 Å². The van der Waals surface area contributed by atoms with E-state index in [0.29, 0.717) is 57.5 Å². The number of rotatable bonds is 11. The smallest absolute Gasteiger partial charge is 0.416 e. The van der Waals surface area contributed by atoms with Gasteiger partial charge in [0.05, 0.1) is 35.9 Å². The van der Waals surface area contributed by atoms with Gasteiger partial charge in [-0.05, 0) is 62.6 Å². The molecule has 16 heteroatoms. The average Bonchev–Trinajstić information content (AvgIpc) is 3.22. The van der Waals surface area contributed by atoms with Crippen LogP contribution in [0.3, 0.4) is 0 Å². The van der Waals surface area contributed by atoms with Crippen LogP contribution in [0.1, 0.15) is 48.0 Å². The first-order valence-corrected chi connectivity index (χ1v) is 14.6. The Kier molecular flexibility index (Phi) is 10.6. The van der Waals surface area contributed by atoms with Crippen molar-refractivity contribution >= 4 is 45.8 Å². The van der Waals surface area contributed by atoms with Gasteiger partial charge >= 0.3 is 12.2 Å². The first-order valence-electron chi connectivity index (χ1n) is 13.1. The number of unbranched alkanes of at least 4 members (excludes halogenated alkanes) is 1. The van der Waals surface area contributed by atoms with Crippen LogP contribution in [-0.2, 0) is 21.0 Å². The number of sulfonamides is 1. The highest BCUT2D eigenvalue weighted by atomic mass is 35.5. The minimum absolute atomic E-state index is 0. The van der Waals surface area contributed by atoms with Crippen molar-refractivity contribution in [2.45, 2.75) is 48.7 Å². The maximum atomic E-state index is 13.1. The zero-order chi connectivity index (χ0) is 30.7. The second-order valence-corrected chi connectivity index (χ2v) is 11.8. The van der Waals surface area contributed by atoms with Crippen molar-refractivity contribution in [3.8, 4) is 11.5 Å². The third-order valence-corrected chi connectivity index (χ3v) is 8.79. The number of ether oxygens (including phenoxy) is 2. The number of nitrogens with zero attached hydrogens (tertiary/aromatic N) is 1. The summed E-state index contributed by atoms with van der Waals surface area (Å²) in [7, 11) is -1.67. The fourth-order valence-corrected chi connectivity index (χ4v) is 6.08. The number of urea groups is 1. The van der Waals surface area contributed by atoms with Crippen LogP contribution in [0, 0.1) is 0 Å². The number of carbonyl (C=O) groups is 3. The molecule has 3 N–H and O–H groups in total. The minimum Gasteiger partial charge on any atom is -0.496 e. The van der Waals surface area contributed by atoms with E-state index in [0.717, 1.165) is 12.1 Å². The zero-order valence-electron chi connectivity index (χ0n) is 23.4. The molecular weight excluding hydrogens is 617 g/mol. The van der Waals surface area contributed by atoms with Gasteiger partial charge in [-0.3, -0.25) is 19.6 Å². The standard InChI is InChI=1S/C27H31F3N4O7S.ClH/c1-40-22-16-23(41-2)20(33-42(38,39)18-8-6-17(7-9-18)27(28,29)30)15-19(22)21(35)5-3-4-12-34-13-10-26(11-14-34)24(36)31-25(37)32-26;/h6-9,15-16,33H,3-5,10-14H2,1-2H3,(H2,31,32,36,37);1H. The summed E-state index contributed by atoms with van der Waals surface area (Å²) in [5.41, 5.74) is -1.80. The summed E-state index contributed by atoms with van der Waals surface area (Å²) in [4.78, 5) is 38.5. The van der Waals surface area contributed by atoms with Gasteiger partial charge in [-0.2, -0.15) is 13.2 Å². The SMILES string of the molecule is COc1cc(OC)c(C(=O)CCCCN2CCC3(CC2)NC(=O)NC3=O)cc1NS(=O)(=O)c1ccc(C(F)(F)F)cc1.Cl. The number of carbonyl (C=O) groups excluding carboxylic acids is 3. The summed E-state index contributed by atoms with van der Waals surface area (Å²) in [5, 5.41) is 5.00. The van der Waals surface area contributed by atoms with Crippen molar-refractivity contribution in [2.75, 3.05) is 38.6 Å². The van der Waals surface area contributed by atoms with E-state index in [-0.39, 0.29) is 53.3 Å². The van der Waals surface area contributed by atoms with Crippen LogP contribution in [0.15, 0.2) is 41.3 Å². The minimum atomic E-state index is -4.62. The Bertz CT molecular complexity index is 1460. The molecule has 2 aliphatic heterocycles. The van der Waals surface area contributed by atoms with Gasteiger partial charge in [0, 0.05) is 25.6 Å². The summed E-state index contributed by atoms with van der Waals surface area (Å²) in [6.45, 7) is 1.93. The van der Waals surface area contributed by atoms with Crippen molar-refractivity contribution < 1.29 is 45.4 Å². The van der Waals surface area contributed by atoms with Crippen LogP contribution in [-0.4, -0.2) is 70.4 Å². The highest BCUT2D eigenvalue weighted by molar-refractivity contribution is 7.92. The molecule has 0 unspecified atom stereocenters. The molecule has 2 saturated heterocycles. The number of likely N-dealkylation sites (tertiary alicyclic amines) is 1. The highest BCUT2D eigenvalue weighted by Gasteiger charge is 2.47. The molecule has 236 valence electrons. The monoisotopic (exact) mass is 648 g/mol. The van der Waals surface area contributed by atoms with E-state index in [2.05, 4.69) is 20.3 Å². The Balaban J connectivity index is 0.00000506. The number of halogens is 4. The molecule has 0 bridgehead atoms. The van der Waals surface area contributed by atoms with Crippen LogP contribution >= 0.6 is 12.4 Å². The summed E-state index contributed by atoms with van der Waals surface area (Å²) in [6, 6.07) is 5.19. The molecule has 2 heterocycles. The third kappa shape index (κ3) is 7.70. The fourth-order valence-electron chi connectivity index (χ4n) is 5.02. The molecule has 0 atom stereocenters. The van der Waals surface area contributed by atoms with E-state index < -0.39 is 38.2 Å². The van der Waals surface area contributed by atoms with E-state index >= 15 is 0 Å². The Morgan fingerprint density at radius 3 is 2.19 bits per heavy atom. The lowest BCUT2D eigenvalue weighted by Crippen LogP contribution is -2.54. The first kappa shape index (κ1) is 33.9. The van der Waals surface area contributed by atoms with Gasteiger partial charge in [0.25, 0.3) is 15.9 Å². The first-order chi connectivity index (χ1) is 19.8. The number of alkyl halides is 3. The second kappa shape index (κ2) is 13.4. The van der Waals surface area contributed by atoms with Crippen molar-refractivity contribution in [3.63, 3.8) is 0 Å². The largest absolute Gasteiger partial charge is 0.496 e. The summed E-state index contributed by atoms with van der Waals surface area (Å²) in [6.07, 6.45) is -2.27. The number of ketones is 1. The van der Waals surface area contributed by atoms with E-state index in [1.165, 1.54) is 26.4 Å². The molecule has 0 aliphatic carbocycles. The third-order valence-electron chi connectivity index (χ3n) is 7.41. The average molecular weight is 649 g/mol. The quantitative estimate of drug-likeness (QED) is 0.189. The number of piperidine rings is 1. The van der Waals surface area contributed by atoms with E-state index in [4.69, 9.17) is 9.47 Å². The van der Waals surface area contributed by atoms with Crippen LogP contribution in [0.4, 0.5) is 23.7 Å². The van der Waals surface area contributed by atoms with Crippen molar-refractivity contribution in [1.29, 1.82) is 0 Å². The molecule has 1 spiro atoms. The lowest BCUT2D eigenvalue weighted by Gasteiger charge is -2.36. The second-order valence-electron chi connectivity index (χ2n) is 10.1. The Labute approximate surface area is 252 Å². The van der Waals surface area contributed by atoms with E-state index in [1.54, 1.807) is 0 Å². The normalized spacial score (nSPS) is 16.7.